The van der Waals surface area contributed by atoms with Gasteiger partial charge in [-0.3, -0.25) is 4.79 Å². The monoisotopic (exact) mass is 213 g/mol. The fraction of sp³-hybridized carbons (Fsp3) is 0.250. The third-order valence-corrected chi connectivity index (χ3v) is 2.27. The number of benzene rings is 1. The van der Waals surface area contributed by atoms with Gasteiger partial charge in [-0.1, -0.05) is 30.3 Å². The Kier molecular flexibility index (Phi) is 3.27. The Morgan fingerprint density at radius 1 is 1.19 bits per heavy atom. The van der Waals surface area contributed by atoms with Gasteiger partial charge in [-0.15, -0.1) is 0 Å². The molecule has 0 aromatic heterocycles. The van der Waals surface area contributed by atoms with Gasteiger partial charge in [0.05, 0.1) is 12.1 Å². The molecule has 0 aliphatic heterocycles. The van der Waals surface area contributed by atoms with Crippen LogP contribution in [0.5, 0.6) is 0 Å². The summed E-state index contributed by atoms with van der Waals surface area (Å²) >= 11 is 0. The van der Waals surface area contributed by atoms with Gasteiger partial charge in [-0.05, 0) is 5.56 Å². The average molecular weight is 213 g/mol. The number of carbonyl (C=O) groups is 1. The van der Waals surface area contributed by atoms with E-state index in [1.54, 1.807) is 30.3 Å². The van der Waals surface area contributed by atoms with Gasteiger partial charge in [0, 0.05) is 14.1 Å². The number of nitriles is 2. The van der Waals surface area contributed by atoms with Gasteiger partial charge in [0.1, 0.15) is 0 Å². The van der Waals surface area contributed by atoms with Crippen molar-refractivity contribution in [2.45, 2.75) is 5.41 Å². The lowest BCUT2D eigenvalue weighted by Gasteiger charge is -2.22. The summed E-state index contributed by atoms with van der Waals surface area (Å²) < 4.78 is 0. The van der Waals surface area contributed by atoms with Gasteiger partial charge >= 0.3 is 0 Å². The maximum Gasteiger partial charge on any atom is 0.261 e. The van der Waals surface area contributed by atoms with Crippen molar-refractivity contribution >= 4 is 5.91 Å². The first-order valence-corrected chi connectivity index (χ1v) is 4.68. The number of carbonyl (C=O) groups excluding carboxylic acids is 1. The number of hydrogen-bond acceptors (Lipinski definition) is 3. The van der Waals surface area contributed by atoms with Crippen molar-refractivity contribution in [3.63, 3.8) is 0 Å². The smallest absolute Gasteiger partial charge is 0.261 e. The molecule has 0 fully saturated rings. The van der Waals surface area contributed by atoms with Crippen LogP contribution < -0.4 is 0 Å². The molecule has 4 nitrogen and oxygen atoms in total. The van der Waals surface area contributed by atoms with Crippen LogP contribution in [0.4, 0.5) is 0 Å². The summed E-state index contributed by atoms with van der Waals surface area (Å²) in [6.45, 7) is 0. The summed E-state index contributed by atoms with van der Waals surface area (Å²) in [5, 5.41) is 18.3. The van der Waals surface area contributed by atoms with Crippen LogP contribution in [-0.2, 0) is 10.2 Å². The molecule has 0 saturated carbocycles. The number of nitrogens with zero attached hydrogens (tertiary/aromatic N) is 3. The Morgan fingerprint density at radius 2 is 1.69 bits per heavy atom. The molecule has 0 unspecified atom stereocenters. The fourth-order valence-corrected chi connectivity index (χ4v) is 1.40. The molecule has 0 heterocycles. The Bertz CT molecular complexity index is 451. The van der Waals surface area contributed by atoms with Crippen molar-refractivity contribution in [1.29, 1.82) is 10.5 Å². The molecule has 0 spiro atoms. The Labute approximate surface area is 94.3 Å². The molecular formula is C12H11N3O. The molecule has 0 saturated heterocycles. The lowest BCUT2D eigenvalue weighted by molar-refractivity contribution is -0.131. The highest BCUT2D eigenvalue weighted by Gasteiger charge is 2.42. The van der Waals surface area contributed by atoms with E-state index in [0.717, 1.165) is 0 Å². The topological polar surface area (TPSA) is 67.9 Å². The molecule has 0 radical (unpaired) electrons. The van der Waals surface area contributed by atoms with Crippen molar-refractivity contribution in [2.75, 3.05) is 14.1 Å². The first-order valence-electron chi connectivity index (χ1n) is 4.68. The number of likely N-dealkylation sites (N-methyl/N-ethyl adjacent to an activating group) is 1. The molecule has 1 aromatic carbocycles. The van der Waals surface area contributed by atoms with E-state index in [0.29, 0.717) is 5.56 Å². The van der Waals surface area contributed by atoms with Crippen LogP contribution in [0.3, 0.4) is 0 Å². The van der Waals surface area contributed by atoms with Crippen LogP contribution in [0.1, 0.15) is 5.56 Å². The maximum atomic E-state index is 11.9. The molecule has 0 aliphatic carbocycles. The van der Waals surface area contributed by atoms with Crippen LogP contribution in [0.2, 0.25) is 0 Å². The predicted molar refractivity (Wildman–Crippen MR) is 58.0 cm³/mol. The molecule has 1 amide bonds. The van der Waals surface area contributed by atoms with Gasteiger partial charge in [-0.2, -0.15) is 10.5 Å². The van der Waals surface area contributed by atoms with Crippen molar-refractivity contribution in [3.8, 4) is 12.1 Å². The van der Waals surface area contributed by atoms with E-state index < -0.39 is 11.3 Å². The van der Waals surface area contributed by atoms with Gasteiger partial charge in [0.2, 0.25) is 5.41 Å². The second kappa shape index (κ2) is 4.46. The lowest BCUT2D eigenvalue weighted by Crippen LogP contribution is -2.41. The van der Waals surface area contributed by atoms with Crippen LogP contribution >= 0.6 is 0 Å². The van der Waals surface area contributed by atoms with Crippen LogP contribution in [0.15, 0.2) is 30.3 Å². The lowest BCUT2D eigenvalue weighted by atomic mass is 9.82. The first-order chi connectivity index (χ1) is 7.58. The second-order valence-electron chi connectivity index (χ2n) is 3.54. The van der Waals surface area contributed by atoms with Gasteiger partial charge in [0.25, 0.3) is 5.91 Å². The summed E-state index contributed by atoms with van der Waals surface area (Å²) in [6, 6.07) is 12.0. The van der Waals surface area contributed by atoms with Crippen molar-refractivity contribution in [1.82, 2.24) is 4.90 Å². The normalized spacial score (nSPS) is 10.0. The summed E-state index contributed by atoms with van der Waals surface area (Å²) in [5.74, 6) is -0.524. The van der Waals surface area contributed by atoms with Crippen LogP contribution in [0.25, 0.3) is 0 Å². The highest BCUT2D eigenvalue weighted by molar-refractivity contribution is 5.94. The molecule has 80 valence electrons. The molecule has 1 rings (SSSR count). The highest BCUT2D eigenvalue weighted by Crippen LogP contribution is 2.24. The van der Waals surface area contributed by atoms with E-state index in [1.807, 2.05) is 12.1 Å². The Hall–Kier alpha value is -2.33. The third kappa shape index (κ3) is 1.74. The number of hydrogen-bond donors (Lipinski definition) is 0. The molecular weight excluding hydrogens is 202 g/mol. The van der Waals surface area contributed by atoms with E-state index in [1.165, 1.54) is 19.0 Å². The van der Waals surface area contributed by atoms with E-state index >= 15 is 0 Å². The van der Waals surface area contributed by atoms with Crippen LogP contribution in [-0.4, -0.2) is 24.9 Å². The SMILES string of the molecule is CN(C)C(=O)C(C#N)(C#N)c1ccccc1. The van der Waals surface area contributed by atoms with Crippen molar-refractivity contribution in [2.24, 2.45) is 0 Å². The summed E-state index contributed by atoms with van der Waals surface area (Å²) in [4.78, 5) is 13.2. The second-order valence-corrected chi connectivity index (χ2v) is 3.54. The third-order valence-electron chi connectivity index (χ3n) is 2.27. The van der Waals surface area contributed by atoms with Crippen molar-refractivity contribution < 1.29 is 4.79 Å². The van der Waals surface area contributed by atoms with Crippen molar-refractivity contribution in [3.05, 3.63) is 35.9 Å². The predicted octanol–water partition coefficient (Wildman–Crippen LogP) is 1.06. The van der Waals surface area contributed by atoms with Gasteiger partial charge < -0.3 is 4.90 Å². The zero-order valence-electron chi connectivity index (χ0n) is 9.14. The molecule has 0 aliphatic rings. The van der Waals surface area contributed by atoms with E-state index in [4.69, 9.17) is 10.5 Å². The Balaban J connectivity index is 3.36. The number of rotatable bonds is 2. The molecule has 0 bridgehead atoms. The summed E-state index contributed by atoms with van der Waals surface area (Å²) in [5.41, 5.74) is -1.34. The summed E-state index contributed by atoms with van der Waals surface area (Å²) in [7, 11) is 3.05. The minimum atomic E-state index is -1.75. The Morgan fingerprint density at radius 3 is 2.06 bits per heavy atom. The summed E-state index contributed by atoms with van der Waals surface area (Å²) in [6.07, 6.45) is 0. The molecule has 0 N–H and O–H groups in total. The van der Waals surface area contributed by atoms with E-state index in [2.05, 4.69) is 0 Å². The fourth-order valence-electron chi connectivity index (χ4n) is 1.40. The van der Waals surface area contributed by atoms with E-state index in [9.17, 15) is 4.79 Å². The van der Waals surface area contributed by atoms with Crippen LogP contribution in [0, 0.1) is 22.7 Å². The van der Waals surface area contributed by atoms with Gasteiger partial charge in [-0.25, -0.2) is 0 Å². The largest absolute Gasteiger partial charge is 0.346 e. The standard InChI is InChI=1S/C12H11N3O/c1-15(2)11(16)12(8-13,9-14)10-6-4-3-5-7-10/h3-7H,1-2H3. The molecule has 4 heteroatoms. The zero-order valence-corrected chi connectivity index (χ0v) is 9.14. The minimum absolute atomic E-state index is 0.402. The average Bonchev–Trinajstić information content (AvgIpc) is 2.32. The molecule has 16 heavy (non-hydrogen) atoms. The number of amides is 1. The molecule has 1 aromatic rings. The quantitative estimate of drug-likeness (QED) is 0.737. The zero-order chi connectivity index (χ0) is 12.2. The first kappa shape index (κ1) is 11.7. The molecule has 0 atom stereocenters. The highest BCUT2D eigenvalue weighted by atomic mass is 16.2. The van der Waals surface area contributed by atoms with Gasteiger partial charge in [0.15, 0.2) is 0 Å². The van der Waals surface area contributed by atoms with E-state index in [-0.39, 0.29) is 0 Å². The maximum absolute atomic E-state index is 11.9. The minimum Gasteiger partial charge on any atom is -0.346 e.